The van der Waals surface area contributed by atoms with Crippen molar-refractivity contribution in [3.8, 4) is 0 Å². The number of urea groups is 1. The first-order valence-corrected chi connectivity index (χ1v) is 6.85. The number of rotatable bonds is 4. The lowest BCUT2D eigenvalue weighted by molar-refractivity contribution is 0.0690. The fourth-order valence-corrected chi connectivity index (χ4v) is 2.54. The largest absolute Gasteiger partial charge is 0.477 e. The second kappa shape index (κ2) is 4.50. The number of H-pyrrole nitrogens is 1. The molecule has 2 aliphatic rings. The van der Waals surface area contributed by atoms with Crippen molar-refractivity contribution in [2.45, 2.75) is 43.7 Å². The number of aromatic amines is 1. The molecular weight excluding hydrogens is 260 g/mol. The van der Waals surface area contributed by atoms with E-state index in [1.165, 1.54) is 6.20 Å². The lowest BCUT2D eigenvalue weighted by Gasteiger charge is -2.41. The Morgan fingerprint density at radius 1 is 1.50 bits per heavy atom. The van der Waals surface area contributed by atoms with E-state index in [9.17, 15) is 9.59 Å². The van der Waals surface area contributed by atoms with Gasteiger partial charge in [0.15, 0.2) is 0 Å². The van der Waals surface area contributed by atoms with Gasteiger partial charge in [-0.25, -0.2) is 14.6 Å². The molecule has 108 valence electrons. The van der Waals surface area contributed by atoms with Crippen molar-refractivity contribution in [3.63, 3.8) is 0 Å². The van der Waals surface area contributed by atoms with Gasteiger partial charge in [-0.15, -0.1) is 0 Å². The second-order valence-electron chi connectivity index (χ2n) is 5.66. The van der Waals surface area contributed by atoms with E-state index in [1.54, 1.807) is 11.9 Å². The maximum absolute atomic E-state index is 12.2. The number of carbonyl (C=O) groups excluding carboxylic acids is 1. The normalized spacial score (nSPS) is 20.1. The summed E-state index contributed by atoms with van der Waals surface area (Å²) in [5.74, 6) is -0.502. The summed E-state index contributed by atoms with van der Waals surface area (Å²) in [7, 11) is 1.80. The molecule has 0 atom stereocenters. The average molecular weight is 278 g/mol. The predicted molar refractivity (Wildman–Crippen MR) is 70.4 cm³/mol. The predicted octanol–water partition coefficient (Wildman–Crippen LogP) is 1.29. The zero-order chi connectivity index (χ0) is 14.3. The van der Waals surface area contributed by atoms with E-state index < -0.39 is 11.5 Å². The quantitative estimate of drug-likeness (QED) is 0.773. The summed E-state index contributed by atoms with van der Waals surface area (Å²) in [6, 6.07) is 0.235. The minimum absolute atomic E-state index is 0.0519. The standard InChI is InChI=1S/C13H18N4O3/c1-17(8-3-4-8)12(20)16-13(5-2-6-13)11-14-7-9(15-11)10(18)19/h7-8H,2-6H2,1H3,(H,14,15)(H,16,20)(H,18,19). The Morgan fingerprint density at radius 3 is 2.65 bits per heavy atom. The molecule has 0 saturated heterocycles. The van der Waals surface area contributed by atoms with Gasteiger partial charge in [0.2, 0.25) is 0 Å². The number of amides is 2. The maximum Gasteiger partial charge on any atom is 0.353 e. The fraction of sp³-hybridized carbons (Fsp3) is 0.615. The van der Waals surface area contributed by atoms with Gasteiger partial charge < -0.3 is 20.3 Å². The maximum atomic E-state index is 12.2. The summed E-state index contributed by atoms with van der Waals surface area (Å²) in [6.45, 7) is 0. The average Bonchev–Trinajstić information content (AvgIpc) is 3.09. The zero-order valence-corrected chi connectivity index (χ0v) is 11.3. The number of aromatic carboxylic acids is 1. The monoisotopic (exact) mass is 278 g/mol. The first-order valence-electron chi connectivity index (χ1n) is 6.85. The highest BCUT2D eigenvalue weighted by Gasteiger charge is 2.44. The molecule has 0 aliphatic heterocycles. The highest BCUT2D eigenvalue weighted by Crippen LogP contribution is 2.40. The Balaban J connectivity index is 1.76. The minimum Gasteiger partial charge on any atom is -0.477 e. The molecule has 7 nitrogen and oxygen atoms in total. The molecule has 20 heavy (non-hydrogen) atoms. The van der Waals surface area contributed by atoms with Gasteiger partial charge in [0, 0.05) is 13.1 Å². The lowest BCUT2D eigenvalue weighted by atomic mass is 9.76. The Labute approximate surface area is 116 Å². The molecule has 0 aromatic carbocycles. The van der Waals surface area contributed by atoms with Gasteiger partial charge in [-0.05, 0) is 32.1 Å². The lowest BCUT2D eigenvalue weighted by Crippen LogP contribution is -2.55. The number of hydrogen-bond donors (Lipinski definition) is 3. The van der Waals surface area contributed by atoms with Crippen LogP contribution in [0.1, 0.15) is 48.4 Å². The van der Waals surface area contributed by atoms with Crippen molar-refractivity contribution >= 4 is 12.0 Å². The van der Waals surface area contributed by atoms with Crippen LogP contribution in [0.3, 0.4) is 0 Å². The van der Waals surface area contributed by atoms with Gasteiger partial charge in [-0.3, -0.25) is 0 Å². The molecule has 0 spiro atoms. The molecule has 1 aromatic rings. The van der Waals surface area contributed by atoms with Crippen molar-refractivity contribution in [2.24, 2.45) is 0 Å². The van der Waals surface area contributed by atoms with Crippen LogP contribution in [0.15, 0.2) is 6.20 Å². The third-order valence-electron chi connectivity index (χ3n) is 4.23. The second-order valence-corrected chi connectivity index (χ2v) is 5.66. The van der Waals surface area contributed by atoms with Crippen molar-refractivity contribution in [1.29, 1.82) is 0 Å². The first kappa shape index (κ1) is 13.0. The summed E-state index contributed by atoms with van der Waals surface area (Å²) in [5, 5.41) is 12.0. The molecule has 3 rings (SSSR count). The Kier molecular flexibility index (Phi) is 2.92. The SMILES string of the molecule is CN(C(=O)NC1(c2ncc(C(=O)O)[nH]2)CCC1)C1CC1. The molecule has 0 radical (unpaired) electrons. The zero-order valence-electron chi connectivity index (χ0n) is 11.3. The first-order chi connectivity index (χ1) is 9.52. The number of nitrogens with zero attached hydrogens (tertiary/aromatic N) is 2. The minimum atomic E-state index is -1.04. The smallest absolute Gasteiger partial charge is 0.353 e. The molecule has 0 unspecified atom stereocenters. The summed E-state index contributed by atoms with van der Waals surface area (Å²) in [4.78, 5) is 31.8. The topological polar surface area (TPSA) is 98.3 Å². The van der Waals surface area contributed by atoms with Crippen LogP contribution < -0.4 is 5.32 Å². The molecule has 1 heterocycles. The molecule has 2 saturated carbocycles. The Morgan fingerprint density at radius 2 is 2.20 bits per heavy atom. The fourth-order valence-electron chi connectivity index (χ4n) is 2.54. The Hall–Kier alpha value is -2.05. The van der Waals surface area contributed by atoms with Crippen LogP contribution in [-0.2, 0) is 5.54 Å². The van der Waals surface area contributed by atoms with Crippen molar-refractivity contribution in [2.75, 3.05) is 7.05 Å². The number of aromatic nitrogens is 2. The van der Waals surface area contributed by atoms with E-state index in [1.807, 2.05) is 0 Å². The van der Waals surface area contributed by atoms with Gasteiger partial charge in [0.25, 0.3) is 0 Å². The summed E-state index contributed by atoms with van der Waals surface area (Å²) in [5.41, 5.74) is -0.482. The molecule has 3 N–H and O–H groups in total. The van der Waals surface area contributed by atoms with Crippen LogP contribution in [-0.4, -0.2) is 45.1 Å². The summed E-state index contributed by atoms with van der Waals surface area (Å²) >= 11 is 0. The van der Waals surface area contributed by atoms with E-state index in [0.717, 1.165) is 32.1 Å². The van der Waals surface area contributed by atoms with Crippen LogP contribution in [0.5, 0.6) is 0 Å². The summed E-state index contributed by atoms with van der Waals surface area (Å²) < 4.78 is 0. The van der Waals surface area contributed by atoms with Crippen LogP contribution >= 0.6 is 0 Å². The molecule has 1 aromatic heterocycles. The number of nitrogens with one attached hydrogen (secondary N) is 2. The molecule has 2 aliphatic carbocycles. The van der Waals surface area contributed by atoms with Gasteiger partial charge in [-0.1, -0.05) is 0 Å². The third kappa shape index (κ3) is 2.13. The number of imidazole rings is 1. The number of hydrogen-bond acceptors (Lipinski definition) is 3. The van der Waals surface area contributed by atoms with Crippen LogP contribution in [0.25, 0.3) is 0 Å². The molecular formula is C13H18N4O3. The highest BCUT2D eigenvalue weighted by atomic mass is 16.4. The van der Waals surface area contributed by atoms with E-state index in [4.69, 9.17) is 5.11 Å². The summed E-state index contributed by atoms with van der Waals surface area (Å²) in [6.07, 6.45) is 5.97. The van der Waals surface area contributed by atoms with Crippen LogP contribution in [0.2, 0.25) is 0 Å². The number of carboxylic acids is 1. The van der Waals surface area contributed by atoms with Gasteiger partial charge >= 0.3 is 12.0 Å². The van der Waals surface area contributed by atoms with Crippen molar-refractivity contribution in [1.82, 2.24) is 20.2 Å². The molecule has 7 heteroatoms. The molecule has 0 bridgehead atoms. The number of carboxylic acid groups (broad SMARTS) is 1. The molecule has 2 amide bonds. The van der Waals surface area contributed by atoms with E-state index in [0.29, 0.717) is 11.9 Å². The van der Waals surface area contributed by atoms with E-state index in [-0.39, 0.29) is 11.7 Å². The van der Waals surface area contributed by atoms with Gasteiger partial charge in [0.05, 0.1) is 11.7 Å². The highest BCUT2D eigenvalue weighted by molar-refractivity contribution is 5.85. The Bertz CT molecular complexity index is 546. The van der Waals surface area contributed by atoms with Crippen LogP contribution in [0, 0.1) is 0 Å². The molecule has 2 fully saturated rings. The van der Waals surface area contributed by atoms with E-state index >= 15 is 0 Å². The van der Waals surface area contributed by atoms with Crippen LogP contribution in [0.4, 0.5) is 4.79 Å². The third-order valence-corrected chi connectivity index (χ3v) is 4.23. The van der Waals surface area contributed by atoms with Gasteiger partial charge in [-0.2, -0.15) is 0 Å². The number of carbonyl (C=O) groups is 2. The van der Waals surface area contributed by atoms with Gasteiger partial charge in [0.1, 0.15) is 11.5 Å². The van der Waals surface area contributed by atoms with E-state index in [2.05, 4.69) is 15.3 Å². The van der Waals surface area contributed by atoms with Crippen molar-refractivity contribution < 1.29 is 14.7 Å². The van der Waals surface area contributed by atoms with Crippen molar-refractivity contribution in [3.05, 3.63) is 17.7 Å².